The quantitative estimate of drug-likeness (QED) is 0.706. The van der Waals surface area contributed by atoms with Crippen LogP contribution in [0.5, 0.6) is 0 Å². The molecule has 3 rings (SSSR count). The number of hydrogen-bond acceptors (Lipinski definition) is 2. The molecule has 0 unspecified atom stereocenters. The Morgan fingerprint density at radius 3 is 2.62 bits per heavy atom. The Bertz CT molecular complexity index is 367. The highest BCUT2D eigenvalue weighted by atomic mass is 15.3. The smallest absolute Gasteiger partial charge is 0.0358 e. The maximum absolute atomic E-state index is 2.64. The van der Waals surface area contributed by atoms with Gasteiger partial charge in [-0.05, 0) is 31.0 Å². The van der Waals surface area contributed by atoms with Crippen LogP contribution in [0.2, 0.25) is 0 Å². The fourth-order valence-corrected chi connectivity index (χ4v) is 2.85. The molecule has 1 aliphatic heterocycles. The molecule has 0 aromatic heterocycles. The summed E-state index contributed by atoms with van der Waals surface area (Å²) in [5, 5.41) is 0. The van der Waals surface area contributed by atoms with Gasteiger partial charge in [0.15, 0.2) is 0 Å². The Hall–Kier alpha value is -0.860. The summed E-state index contributed by atoms with van der Waals surface area (Å²) in [5.41, 5.74) is 2.98. The van der Waals surface area contributed by atoms with E-state index in [9.17, 15) is 0 Å². The van der Waals surface area contributed by atoms with Gasteiger partial charge in [0.2, 0.25) is 0 Å². The monoisotopic (exact) mass is 215 g/mol. The van der Waals surface area contributed by atoms with Crippen LogP contribution < -0.4 is 0 Å². The lowest BCUT2D eigenvalue weighted by atomic mass is 10.1. The van der Waals surface area contributed by atoms with Crippen LogP contribution in [0.15, 0.2) is 24.3 Å². The van der Waals surface area contributed by atoms with E-state index in [-0.39, 0.29) is 0 Å². The zero-order valence-corrected chi connectivity index (χ0v) is 9.89. The predicted molar refractivity (Wildman–Crippen MR) is 66.3 cm³/mol. The van der Waals surface area contributed by atoms with Gasteiger partial charge in [0.25, 0.3) is 0 Å². The van der Waals surface area contributed by atoms with Crippen molar-refractivity contribution in [3.05, 3.63) is 41.8 Å². The maximum Gasteiger partial charge on any atom is 0.0358 e. The van der Waals surface area contributed by atoms with Crippen molar-refractivity contribution in [2.75, 3.05) is 33.2 Å². The molecule has 0 saturated carbocycles. The summed E-state index contributed by atoms with van der Waals surface area (Å²) in [6.45, 7) is 4.84. The first-order valence-corrected chi connectivity index (χ1v) is 6.19. The van der Waals surface area contributed by atoms with E-state index in [4.69, 9.17) is 0 Å². The van der Waals surface area contributed by atoms with Crippen molar-refractivity contribution in [3.8, 4) is 0 Å². The molecule has 1 atom stereocenters. The third-order valence-electron chi connectivity index (χ3n) is 3.89. The fraction of sp³-hybridized carbons (Fsp3) is 0.500. The molecule has 2 nitrogen and oxygen atoms in total. The number of benzene rings is 1. The number of nitrogens with zero attached hydrogens (tertiary/aromatic N) is 2. The zero-order valence-electron chi connectivity index (χ0n) is 9.89. The molecular formula is C14H19N2. The van der Waals surface area contributed by atoms with Crippen LogP contribution in [0, 0.1) is 6.42 Å². The van der Waals surface area contributed by atoms with Gasteiger partial charge in [0, 0.05) is 32.2 Å². The first kappa shape index (κ1) is 10.3. The lowest BCUT2D eigenvalue weighted by molar-refractivity contribution is 0.114. The Morgan fingerprint density at radius 1 is 1.06 bits per heavy atom. The van der Waals surface area contributed by atoms with Crippen LogP contribution >= 0.6 is 0 Å². The molecule has 1 aromatic carbocycles. The summed E-state index contributed by atoms with van der Waals surface area (Å²) in [6.07, 6.45) is 3.58. The van der Waals surface area contributed by atoms with Gasteiger partial charge < -0.3 is 4.90 Å². The van der Waals surface area contributed by atoms with Gasteiger partial charge in [0.1, 0.15) is 0 Å². The lowest BCUT2D eigenvalue weighted by Gasteiger charge is -2.36. The highest BCUT2D eigenvalue weighted by molar-refractivity contribution is 5.40. The van der Waals surface area contributed by atoms with Crippen LogP contribution in [0.1, 0.15) is 23.6 Å². The first-order chi connectivity index (χ1) is 7.84. The molecule has 1 heterocycles. The second-order valence-corrected chi connectivity index (χ2v) is 4.92. The lowest BCUT2D eigenvalue weighted by Crippen LogP contribution is -2.45. The molecule has 0 N–H and O–H groups in total. The topological polar surface area (TPSA) is 6.48 Å². The van der Waals surface area contributed by atoms with Crippen molar-refractivity contribution in [3.63, 3.8) is 0 Å². The average molecular weight is 215 g/mol. The molecule has 1 radical (unpaired) electrons. The third-order valence-corrected chi connectivity index (χ3v) is 3.89. The number of likely N-dealkylation sites (N-methyl/N-ethyl adjacent to an activating group) is 1. The van der Waals surface area contributed by atoms with Gasteiger partial charge >= 0.3 is 0 Å². The van der Waals surface area contributed by atoms with Gasteiger partial charge in [0.05, 0.1) is 0 Å². The van der Waals surface area contributed by atoms with Crippen molar-refractivity contribution in [1.82, 2.24) is 9.80 Å². The summed E-state index contributed by atoms with van der Waals surface area (Å²) >= 11 is 0. The van der Waals surface area contributed by atoms with Gasteiger partial charge in [-0.25, -0.2) is 0 Å². The molecule has 0 amide bonds. The highest BCUT2D eigenvalue weighted by Crippen LogP contribution is 2.36. The highest BCUT2D eigenvalue weighted by Gasteiger charge is 2.29. The summed E-state index contributed by atoms with van der Waals surface area (Å²) in [5.74, 6) is 0. The van der Waals surface area contributed by atoms with E-state index in [0.717, 1.165) is 0 Å². The third kappa shape index (κ3) is 1.76. The average Bonchev–Trinajstić information content (AvgIpc) is 2.74. The standard InChI is InChI=1S/C14H19N2/c1-15-8-10-16(11-9-15)14-7-6-12-4-2-3-5-13(12)14/h2-6,14H,7-11H2,1H3/t14-/m1/s1. The number of rotatable bonds is 1. The first-order valence-electron chi connectivity index (χ1n) is 6.19. The fourth-order valence-electron chi connectivity index (χ4n) is 2.85. The molecule has 1 saturated heterocycles. The largest absolute Gasteiger partial charge is 0.304 e. The van der Waals surface area contributed by atoms with E-state index in [1.165, 1.54) is 43.7 Å². The van der Waals surface area contributed by atoms with E-state index in [2.05, 4.69) is 47.5 Å². The molecule has 16 heavy (non-hydrogen) atoms. The number of fused-ring (bicyclic) bond motifs is 1. The Labute approximate surface area is 97.9 Å². The van der Waals surface area contributed by atoms with Crippen molar-refractivity contribution in [1.29, 1.82) is 0 Å². The molecule has 1 fully saturated rings. The van der Waals surface area contributed by atoms with E-state index in [1.807, 2.05) is 0 Å². The summed E-state index contributed by atoms with van der Waals surface area (Å²) in [6, 6.07) is 9.49. The summed E-state index contributed by atoms with van der Waals surface area (Å²) in [4.78, 5) is 5.06. The van der Waals surface area contributed by atoms with Crippen molar-refractivity contribution < 1.29 is 0 Å². The maximum atomic E-state index is 2.64. The summed E-state index contributed by atoms with van der Waals surface area (Å²) < 4.78 is 0. The molecule has 2 heteroatoms. The zero-order chi connectivity index (χ0) is 11.0. The second kappa shape index (κ2) is 4.19. The summed E-state index contributed by atoms with van der Waals surface area (Å²) in [7, 11) is 2.21. The van der Waals surface area contributed by atoms with Gasteiger partial charge in [-0.1, -0.05) is 24.3 Å². The van der Waals surface area contributed by atoms with Crippen molar-refractivity contribution >= 4 is 0 Å². The molecule has 1 aliphatic carbocycles. The van der Waals surface area contributed by atoms with E-state index >= 15 is 0 Å². The van der Waals surface area contributed by atoms with Crippen molar-refractivity contribution in [2.45, 2.75) is 12.5 Å². The molecular weight excluding hydrogens is 196 g/mol. The van der Waals surface area contributed by atoms with Crippen LogP contribution in [0.3, 0.4) is 0 Å². The van der Waals surface area contributed by atoms with Crippen LogP contribution in [0.4, 0.5) is 0 Å². The Kier molecular flexibility index (Phi) is 2.70. The van der Waals surface area contributed by atoms with Gasteiger partial charge in [-0.15, -0.1) is 0 Å². The molecule has 85 valence electrons. The number of piperazine rings is 1. The van der Waals surface area contributed by atoms with E-state index < -0.39 is 0 Å². The minimum Gasteiger partial charge on any atom is -0.304 e. The van der Waals surface area contributed by atoms with Gasteiger partial charge in [-0.2, -0.15) is 0 Å². The van der Waals surface area contributed by atoms with E-state index in [0.29, 0.717) is 6.04 Å². The number of hydrogen-bond donors (Lipinski definition) is 0. The Morgan fingerprint density at radius 2 is 1.81 bits per heavy atom. The van der Waals surface area contributed by atoms with Crippen molar-refractivity contribution in [2.24, 2.45) is 0 Å². The minimum absolute atomic E-state index is 0.643. The molecule has 1 aromatic rings. The predicted octanol–water partition coefficient (Wildman–Crippen LogP) is 1.93. The molecule has 0 spiro atoms. The minimum atomic E-state index is 0.643. The normalized spacial score (nSPS) is 26.9. The molecule has 2 aliphatic rings. The van der Waals surface area contributed by atoms with Crippen LogP contribution in [-0.2, 0) is 0 Å². The van der Waals surface area contributed by atoms with Crippen LogP contribution in [-0.4, -0.2) is 43.0 Å². The molecule has 0 bridgehead atoms. The van der Waals surface area contributed by atoms with Crippen LogP contribution in [0.25, 0.3) is 0 Å². The van der Waals surface area contributed by atoms with E-state index in [1.54, 1.807) is 0 Å². The second-order valence-electron chi connectivity index (χ2n) is 4.92. The van der Waals surface area contributed by atoms with Gasteiger partial charge in [-0.3, -0.25) is 4.90 Å². The SMILES string of the molecule is CN1CCN([C@@H]2C[CH]c3ccccc32)CC1. The Balaban J connectivity index is 1.77.